The molecule has 6 rings (SSSR count). The number of benzene rings is 2. The fourth-order valence-electron chi connectivity index (χ4n) is 5.66. The summed E-state index contributed by atoms with van der Waals surface area (Å²) in [6, 6.07) is 10.2. The summed E-state index contributed by atoms with van der Waals surface area (Å²) < 4.78 is 20.1. The Labute approximate surface area is 235 Å². The van der Waals surface area contributed by atoms with Crippen LogP contribution in [0.4, 0.5) is 15.9 Å². The van der Waals surface area contributed by atoms with E-state index in [0.717, 1.165) is 35.2 Å². The number of carbonyl (C=O) groups is 2. The van der Waals surface area contributed by atoms with Crippen molar-refractivity contribution in [2.24, 2.45) is 5.92 Å². The first-order valence-electron chi connectivity index (χ1n) is 13.0. The van der Waals surface area contributed by atoms with Crippen molar-refractivity contribution in [1.29, 1.82) is 0 Å². The van der Waals surface area contributed by atoms with Crippen molar-refractivity contribution in [1.82, 2.24) is 9.88 Å². The SMILES string of the molecule is C[C@@H](Oc1cc(-c2ccc3c(c2)C2(CCN(C(=O)C4CC4)CC2)C(=O)N3)cnc1N)c1c(Cl)ccc(F)c1Cl. The van der Waals surface area contributed by atoms with Crippen molar-refractivity contribution >= 4 is 46.5 Å². The van der Waals surface area contributed by atoms with Crippen LogP contribution in [0.1, 0.15) is 49.8 Å². The molecule has 1 saturated carbocycles. The smallest absolute Gasteiger partial charge is 0.235 e. The summed E-state index contributed by atoms with van der Waals surface area (Å²) in [5.74, 6) is 0.229. The molecule has 202 valence electrons. The molecule has 0 unspecified atom stereocenters. The normalized spacial score (nSPS) is 18.6. The zero-order valence-electron chi connectivity index (χ0n) is 21.3. The first kappa shape index (κ1) is 25.9. The van der Waals surface area contributed by atoms with Crippen LogP contribution in [-0.4, -0.2) is 34.8 Å². The van der Waals surface area contributed by atoms with Crippen molar-refractivity contribution in [3.8, 4) is 16.9 Å². The number of amides is 2. The van der Waals surface area contributed by atoms with E-state index < -0.39 is 17.3 Å². The molecular weight excluding hydrogens is 542 g/mol. The Morgan fingerprint density at radius 3 is 2.64 bits per heavy atom. The van der Waals surface area contributed by atoms with Gasteiger partial charge in [-0.2, -0.15) is 0 Å². The van der Waals surface area contributed by atoms with Gasteiger partial charge in [-0.1, -0.05) is 29.3 Å². The van der Waals surface area contributed by atoms with E-state index in [-0.39, 0.29) is 33.6 Å². The molecule has 2 fully saturated rings. The molecule has 3 heterocycles. The minimum Gasteiger partial charge on any atom is -0.482 e. The summed E-state index contributed by atoms with van der Waals surface area (Å²) in [5, 5.41) is 3.21. The maximum Gasteiger partial charge on any atom is 0.235 e. The standard InChI is InChI=1S/C29H27Cl2FN4O3/c1-15(24-20(30)5-6-21(32)25(24)31)39-23-13-18(14-34-26(23)33)17-4-7-22-19(12-17)29(28(38)35-22)8-10-36(11-9-29)27(37)16-2-3-16/h4-7,12-16H,2-3,8-11H2,1H3,(H2,33,34)(H,35,38)/t15-/m1/s1. The highest BCUT2D eigenvalue weighted by Gasteiger charge is 2.49. The van der Waals surface area contributed by atoms with E-state index in [1.165, 1.54) is 12.1 Å². The molecule has 0 bridgehead atoms. The summed E-state index contributed by atoms with van der Waals surface area (Å²) >= 11 is 12.4. The maximum absolute atomic E-state index is 14.1. The molecule has 0 radical (unpaired) electrons. The number of likely N-dealkylation sites (tertiary alicyclic amines) is 1. The number of anilines is 2. The molecule has 2 aromatic carbocycles. The Balaban J connectivity index is 1.28. The summed E-state index contributed by atoms with van der Waals surface area (Å²) in [7, 11) is 0. The monoisotopic (exact) mass is 568 g/mol. The summed E-state index contributed by atoms with van der Waals surface area (Å²) in [6.45, 7) is 2.84. The summed E-state index contributed by atoms with van der Waals surface area (Å²) in [4.78, 5) is 32.0. The predicted octanol–water partition coefficient (Wildman–Crippen LogP) is 6.14. The van der Waals surface area contributed by atoms with E-state index in [0.29, 0.717) is 37.2 Å². The molecule has 1 atom stereocenters. The predicted molar refractivity (Wildman–Crippen MR) is 148 cm³/mol. The van der Waals surface area contributed by atoms with Gasteiger partial charge in [0.2, 0.25) is 11.8 Å². The van der Waals surface area contributed by atoms with Crippen molar-refractivity contribution in [2.75, 3.05) is 24.1 Å². The molecule has 1 saturated heterocycles. The lowest BCUT2D eigenvalue weighted by atomic mass is 9.73. The number of hydrogen-bond acceptors (Lipinski definition) is 5. The second kappa shape index (κ2) is 9.68. The van der Waals surface area contributed by atoms with E-state index >= 15 is 0 Å². The van der Waals surface area contributed by atoms with Crippen LogP contribution < -0.4 is 15.8 Å². The van der Waals surface area contributed by atoms with Crippen LogP contribution in [0, 0.1) is 11.7 Å². The van der Waals surface area contributed by atoms with E-state index in [1.54, 1.807) is 19.2 Å². The first-order chi connectivity index (χ1) is 18.7. The van der Waals surface area contributed by atoms with Crippen LogP contribution in [0.15, 0.2) is 42.6 Å². The quantitative estimate of drug-likeness (QED) is 0.360. The summed E-state index contributed by atoms with van der Waals surface area (Å²) in [6.07, 6.45) is 4.04. The number of fused-ring (bicyclic) bond motifs is 2. The molecule has 1 spiro atoms. The van der Waals surface area contributed by atoms with Gasteiger partial charge in [0, 0.05) is 47.0 Å². The van der Waals surface area contributed by atoms with Crippen LogP contribution in [0.3, 0.4) is 0 Å². The number of ether oxygens (including phenoxy) is 1. The number of carbonyl (C=O) groups excluding carboxylic acids is 2. The van der Waals surface area contributed by atoms with Gasteiger partial charge in [0.05, 0.1) is 10.4 Å². The number of halogens is 3. The third-order valence-corrected chi connectivity index (χ3v) is 8.79. The van der Waals surface area contributed by atoms with Crippen LogP contribution in [-0.2, 0) is 15.0 Å². The first-order valence-corrected chi connectivity index (χ1v) is 13.7. The van der Waals surface area contributed by atoms with Crippen LogP contribution in [0.5, 0.6) is 5.75 Å². The van der Waals surface area contributed by atoms with Gasteiger partial charge in [-0.15, -0.1) is 0 Å². The lowest BCUT2D eigenvalue weighted by molar-refractivity contribution is -0.136. The van der Waals surface area contributed by atoms with E-state index in [4.69, 9.17) is 33.7 Å². The van der Waals surface area contributed by atoms with Gasteiger partial charge < -0.3 is 20.7 Å². The average molecular weight is 569 g/mol. The fourth-order valence-corrected chi connectivity index (χ4v) is 6.34. The molecule has 1 aliphatic carbocycles. The lowest BCUT2D eigenvalue weighted by Gasteiger charge is -2.38. The molecular formula is C29H27Cl2FN4O3. The van der Waals surface area contributed by atoms with Crippen LogP contribution >= 0.6 is 23.2 Å². The van der Waals surface area contributed by atoms with Gasteiger partial charge >= 0.3 is 0 Å². The van der Waals surface area contributed by atoms with Crippen molar-refractivity contribution in [3.63, 3.8) is 0 Å². The number of aromatic nitrogens is 1. The molecule has 3 aliphatic rings. The van der Waals surface area contributed by atoms with E-state index in [2.05, 4.69) is 10.3 Å². The number of nitrogens with two attached hydrogens (primary N) is 1. The van der Waals surface area contributed by atoms with Gasteiger partial charge in [-0.05, 0) is 74.1 Å². The molecule has 3 aromatic rings. The van der Waals surface area contributed by atoms with Gasteiger partial charge in [0.25, 0.3) is 0 Å². The van der Waals surface area contributed by atoms with Gasteiger partial charge in [0.1, 0.15) is 11.9 Å². The molecule has 10 heteroatoms. The van der Waals surface area contributed by atoms with Crippen molar-refractivity contribution in [3.05, 3.63) is 69.6 Å². The number of hydrogen-bond donors (Lipinski definition) is 2. The largest absolute Gasteiger partial charge is 0.482 e. The zero-order valence-corrected chi connectivity index (χ0v) is 22.8. The number of nitrogens with one attached hydrogen (secondary N) is 1. The minimum absolute atomic E-state index is 0.0229. The number of pyridine rings is 1. The molecule has 3 N–H and O–H groups in total. The van der Waals surface area contributed by atoms with Crippen LogP contribution in [0.25, 0.3) is 11.1 Å². The molecule has 39 heavy (non-hydrogen) atoms. The third kappa shape index (κ3) is 4.49. The van der Waals surface area contributed by atoms with E-state index in [1.807, 2.05) is 23.1 Å². The molecule has 7 nitrogen and oxygen atoms in total. The highest BCUT2D eigenvalue weighted by molar-refractivity contribution is 6.36. The molecule has 2 aliphatic heterocycles. The Kier molecular flexibility index (Phi) is 6.43. The van der Waals surface area contributed by atoms with Crippen molar-refractivity contribution < 1.29 is 18.7 Å². The highest BCUT2D eigenvalue weighted by Crippen LogP contribution is 2.47. The van der Waals surface area contributed by atoms with Gasteiger partial charge in [-0.25, -0.2) is 9.37 Å². The second-order valence-corrected chi connectivity index (χ2v) is 11.3. The van der Waals surface area contributed by atoms with Gasteiger partial charge in [-0.3, -0.25) is 9.59 Å². The maximum atomic E-state index is 14.1. The fraction of sp³-hybridized carbons (Fsp3) is 0.345. The number of nitrogen functional groups attached to an aromatic ring is 1. The number of piperidine rings is 1. The Morgan fingerprint density at radius 2 is 1.92 bits per heavy atom. The lowest BCUT2D eigenvalue weighted by Crippen LogP contribution is -2.48. The topological polar surface area (TPSA) is 97.5 Å². The minimum atomic E-state index is -0.700. The highest BCUT2D eigenvalue weighted by atomic mass is 35.5. The van der Waals surface area contributed by atoms with Crippen LogP contribution in [0.2, 0.25) is 10.0 Å². The number of nitrogens with zero attached hydrogens (tertiary/aromatic N) is 2. The van der Waals surface area contributed by atoms with E-state index in [9.17, 15) is 14.0 Å². The Morgan fingerprint density at radius 1 is 1.18 bits per heavy atom. The summed E-state index contributed by atoms with van der Waals surface area (Å²) in [5.41, 5.74) is 9.05. The molecule has 1 aromatic heterocycles. The molecule has 2 amide bonds. The Hall–Kier alpha value is -3.36. The zero-order chi connectivity index (χ0) is 27.5. The van der Waals surface area contributed by atoms with Crippen molar-refractivity contribution in [2.45, 2.75) is 44.1 Å². The van der Waals surface area contributed by atoms with Gasteiger partial charge in [0.15, 0.2) is 11.6 Å². The average Bonchev–Trinajstić information content (AvgIpc) is 3.74. The second-order valence-electron chi connectivity index (χ2n) is 10.5. The third-order valence-electron chi connectivity index (χ3n) is 8.08. The number of rotatable bonds is 5. The Bertz CT molecular complexity index is 1500.